The average Bonchev–Trinajstić information content (AvgIpc) is 2.69. The van der Waals surface area contributed by atoms with E-state index in [9.17, 15) is 14.4 Å². The summed E-state index contributed by atoms with van der Waals surface area (Å²) >= 11 is 0. The van der Waals surface area contributed by atoms with Gasteiger partial charge in [-0.25, -0.2) is 0 Å². The lowest BCUT2D eigenvalue weighted by atomic mass is 10.3. The maximum absolute atomic E-state index is 11.5. The quantitative estimate of drug-likeness (QED) is 0.442. The van der Waals surface area contributed by atoms with E-state index < -0.39 is 11.9 Å². The number of aliphatic carboxylic acids is 2. The van der Waals surface area contributed by atoms with Crippen LogP contribution in [0.1, 0.15) is 27.7 Å². The van der Waals surface area contributed by atoms with E-state index in [0.29, 0.717) is 45.8 Å². The lowest BCUT2D eigenvalue weighted by Crippen LogP contribution is -2.48. The molecular formula is C20H40N4O7. The van der Waals surface area contributed by atoms with Gasteiger partial charge in [-0.2, -0.15) is 0 Å². The highest BCUT2D eigenvalue weighted by atomic mass is 16.4. The Balaban J connectivity index is 0. The summed E-state index contributed by atoms with van der Waals surface area (Å²) in [4.78, 5) is 50.1. The summed E-state index contributed by atoms with van der Waals surface area (Å²) in [6.45, 7) is 13.4. The fourth-order valence-electron chi connectivity index (χ4n) is 3.07. The van der Waals surface area contributed by atoms with Gasteiger partial charge in [0.2, 0.25) is 0 Å². The Bertz CT molecular complexity index is 488. The van der Waals surface area contributed by atoms with E-state index in [1.165, 1.54) is 6.92 Å². The van der Waals surface area contributed by atoms with Crippen LogP contribution in [0.5, 0.6) is 0 Å². The van der Waals surface area contributed by atoms with Crippen LogP contribution in [0.25, 0.3) is 0 Å². The van der Waals surface area contributed by atoms with Crippen LogP contribution in [0.4, 0.5) is 0 Å². The third-order valence-electron chi connectivity index (χ3n) is 4.54. The first-order chi connectivity index (χ1) is 14.7. The number of hydrogen-bond donors (Lipinski definition) is 3. The summed E-state index contributed by atoms with van der Waals surface area (Å²) in [6.07, 6.45) is 0. The van der Waals surface area contributed by atoms with Gasteiger partial charge in [0.25, 0.3) is 6.47 Å². The first kappa shape index (κ1) is 31.1. The van der Waals surface area contributed by atoms with Crippen LogP contribution < -0.4 is 0 Å². The standard InChI is InChI=1S/C17H32N4O5.C2H6.CH2O2/c1-3-18-4-6-20(13-16(23)24)10-8-19(12-15(2)22)9-11-21(7-5-18)14-17(25)26;1-2;2-1-3/h3-14H2,1-2H3,(H,23,24)(H,25,26);1-2H3;1H,(H,2,3). The monoisotopic (exact) mass is 448 g/mol. The maximum Gasteiger partial charge on any atom is 0.317 e. The molecule has 1 heterocycles. The summed E-state index contributed by atoms with van der Waals surface area (Å²) < 4.78 is 0. The Kier molecular flexibility index (Phi) is 19.9. The number of nitrogens with zero attached hydrogens (tertiary/aromatic N) is 4. The number of carboxylic acids is 2. The summed E-state index contributed by atoms with van der Waals surface area (Å²) in [5.41, 5.74) is 0. The van der Waals surface area contributed by atoms with Gasteiger partial charge >= 0.3 is 11.9 Å². The molecule has 182 valence electrons. The van der Waals surface area contributed by atoms with E-state index in [4.69, 9.17) is 20.1 Å². The van der Waals surface area contributed by atoms with Gasteiger partial charge in [-0.1, -0.05) is 20.8 Å². The Morgan fingerprint density at radius 3 is 1.19 bits per heavy atom. The molecule has 0 spiro atoms. The van der Waals surface area contributed by atoms with Crippen LogP contribution in [0, 0.1) is 0 Å². The van der Waals surface area contributed by atoms with E-state index in [0.717, 1.165) is 19.6 Å². The van der Waals surface area contributed by atoms with Gasteiger partial charge < -0.3 is 20.2 Å². The largest absolute Gasteiger partial charge is 0.483 e. The molecule has 0 amide bonds. The van der Waals surface area contributed by atoms with Crippen molar-refractivity contribution >= 4 is 24.2 Å². The van der Waals surface area contributed by atoms with Crippen molar-refractivity contribution in [1.82, 2.24) is 19.6 Å². The zero-order valence-corrected chi connectivity index (χ0v) is 19.3. The van der Waals surface area contributed by atoms with E-state index in [1.807, 2.05) is 35.5 Å². The van der Waals surface area contributed by atoms with E-state index in [2.05, 4.69) is 4.90 Å². The van der Waals surface area contributed by atoms with Crippen molar-refractivity contribution in [2.75, 3.05) is 78.5 Å². The molecule has 1 aliphatic rings. The minimum absolute atomic E-state index is 0.0173. The highest BCUT2D eigenvalue weighted by Crippen LogP contribution is 2.01. The number of rotatable bonds is 7. The van der Waals surface area contributed by atoms with Gasteiger partial charge in [-0.3, -0.25) is 33.9 Å². The van der Waals surface area contributed by atoms with Crippen LogP contribution >= 0.6 is 0 Å². The third-order valence-corrected chi connectivity index (χ3v) is 4.54. The third kappa shape index (κ3) is 18.4. The minimum atomic E-state index is -0.856. The number of carbonyl (C=O) groups is 4. The number of Topliss-reactive ketones (excluding diaryl/α,β-unsaturated/α-hetero) is 1. The van der Waals surface area contributed by atoms with Crippen LogP contribution in [-0.4, -0.2) is 138 Å². The predicted molar refractivity (Wildman–Crippen MR) is 117 cm³/mol. The molecular weight excluding hydrogens is 408 g/mol. The second-order valence-corrected chi connectivity index (χ2v) is 6.86. The molecule has 0 aromatic heterocycles. The zero-order valence-electron chi connectivity index (χ0n) is 19.3. The van der Waals surface area contributed by atoms with Gasteiger partial charge in [0, 0.05) is 52.4 Å². The highest BCUT2D eigenvalue weighted by Gasteiger charge is 2.18. The van der Waals surface area contributed by atoms with Gasteiger partial charge in [0.15, 0.2) is 0 Å². The van der Waals surface area contributed by atoms with Gasteiger partial charge in [0.1, 0.15) is 5.78 Å². The van der Waals surface area contributed by atoms with Crippen LogP contribution in [0.15, 0.2) is 0 Å². The first-order valence-corrected chi connectivity index (χ1v) is 10.6. The van der Waals surface area contributed by atoms with Crippen molar-refractivity contribution in [3.8, 4) is 0 Å². The van der Waals surface area contributed by atoms with E-state index >= 15 is 0 Å². The molecule has 0 aliphatic carbocycles. The fourth-order valence-corrected chi connectivity index (χ4v) is 3.07. The minimum Gasteiger partial charge on any atom is -0.483 e. The van der Waals surface area contributed by atoms with E-state index in [-0.39, 0.29) is 25.3 Å². The van der Waals surface area contributed by atoms with Crippen molar-refractivity contribution in [3.63, 3.8) is 0 Å². The summed E-state index contributed by atoms with van der Waals surface area (Å²) in [5.74, 6) is -1.67. The van der Waals surface area contributed by atoms with Gasteiger partial charge in [0.05, 0.1) is 19.6 Å². The molecule has 0 aromatic rings. The summed E-state index contributed by atoms with van der Waals surface area (Å²) in [7, 11) is 0. The SMILES string of the molecule is CC.CCN1CCN(CC(=O)O)CCN(CC(C)=O)CCN(CC(=O)O)CC1.O=CO. The van der Waals surface area contributed by atoms with Crippen molar-refractivity contribution in [3.05, 3.63) is 0 Å². The molecule has 1 saturated heterocycles. The Labute approximate surface area is 185 Å². The molecule has 3 N–H and O–H groups in total. The van der Waals surface area contributed by atoms with Gasteiger partial charge in [-0.15, -0.1) is 0 Å². The van der Waals surface area contributed by atoms with Crippen LogP contribution in [0.3, 0.4) is 0 Å². The number of likely N-dealkylation sites (N-methyl/N-ethyl adjacent to an activating group) is 1. The molecule has 0 radical (unpaired) electrons. The highest BCUT2D eigenvalue weighted by molar-refractivity contribution is 5.77. The number of carbonyl (C=O) groups excluding carboxylic acids is 1. The average molecular weight is 449 g/mol. The predicted octanol–water partition coefficient (Wildman–Crippen LogP) is -0.287. The lowest BCUT2D eigenvalue weighted by molar-refractivity contribution is -0.139. The second-order valence-electron chi connectivity index (χ2n) is 6.86. The molecule has 0 bridgehead atoms. The van der Waals surface area contributed by atoms with Gasteiger partial charge in [-0.05, 0) is 13.5 Å². The first-order valence-electron chi connectivity index (χ1n) is 10.6. The smallest absolute Gasteiger partial charge is 0.317 e. The second kappa shape index (κ2) is 19.9. The molecule has 0 saturated carbocycles. The normalized spacial score (nSPS) is 17.5. The molecule has 0 aromatic carbocycles. The molecule has 11 nitrogen and oxygen atoms in total. The molecule has 1 fully saturated rings. The molecule has 1 aliphatic heterocycles. The lowest BCUT2D eigenvalue weighted by Gasteiger charge is -2.32. The topological polar surface area (TPSA) is 142 Å². The van der Waals surface area contributed by atoms with Crippen LogP contribution in [-0.2, 0) is 19.2 Å². The van der Waals surface area contributed by atoms with Crippen LogP contribution in [0.2, 0.25) is 0 Å². The molecule has 1 rings (SSSR count). The summed E-state index contributed by atoms with van der Waals surface area (Å²) in [5, 5.41) is 25.1. The summed E-state index contributed by atoms with van der Waals surface area (Å²) in [6, 6.07) is 0. The molecule has 0 unspecified atom stereocenters. The van der Waals surface area contributed by atoms with Crippen molar-refractivity contribution in [1.29, 1.82) is 0 Å². The molecule has 31 heavy (non-hydrogen) atoms. The van der Waals surface area contributed by atoms with Crippen molar-refractivity contribution in [2.24, 2.45) is 0 Å². The van der Waals surface area contributed by atoms with Crippen molar-refractivity contribution in [2.45, 2.75) is 27.7 Å². The fraction of sp³-hybridized carbons (Fsp3) is 0.800. The number of hydrogen-bond acceptors (Lipinski definition) is 8. The zero-order chi connectivity index (χ0) is 24.2. The Morgan fingerprint density at radius 1 is 0.710 bits per heavy atom. The van der Waals surface area contributed by atoms with E-state index in [1.54, 1.807) is 0 Å². The number of carboxylic acid groups (broad SMARTS) is 3. The number of ketones is 1. The Morgan fingerprint density at radius 2 is 0.968 bits per heavy atom. The molecule has 0 atom stereocenters. The Hall–Kier alpha value is -2.08. The molecule has 11 heteroatoms. The van der Waals surface area contributed by atoms with Crippen molar-refractivity contribution < 1.29 is 34.5 Å². The maximum atomic E-state index is 11.5.